The van der Waals surface area contributed by atoms with Crippen molar-refractivity contribution in [3.63, 3.8) is 0 Å². The Morgan fingerprint density at radius 2 is 2.13 bits per heavy atom. The summed E-state index contributed by atoms with van der Waals surface area (Å²) in [6.07, 6.45) is 5.17. The first-order valence-corrected chi connectivity index (χ1v) is 8.40. The van der Waals surface area contributed by atoms with Crippen LogP contribution in [0.25, 0.3) is 0 Å². The third-order valence-electron chi connectivity index (χ3n) is 3.73. The van der Waals surface area contributed by atoms with E-state index in [9.17, 15) is 4.79 Å². The maximum Gasteiger partial charge on any atom is 0.255 e. The van der Waals surface area contributed by atoms with Crippen LogP contribution >= 0.6 is 11.3 Å². The van der Waals surface area contributed by atoms with E-state index < -0.39 is 0 Å². The first-order chi connectivity index (χ1) is 11.1. The molecule has 3 heterocycles. The first-order valence-electron chi connectivity index (χ1n) is 7.58. The molecule has 0 atom stereocenters. The predicted molar refractivity (Wildman–Crippen MR) is 88.3 cm³/mol. The van der Waals surface area contributed by atoms with Gasteiger partial charge in [0.2, 0.25) is 11.1 Å². The summed E-state index contributed by atoms with van der Waals surface area (Å²) in [4.78, 5) is 23.3. The topological polar surface area (TPSA) is 110 Å². The van der Waals surface area contributed by atoms with E-state index in [1.54, 1.807) is 6.20 Å². The SMILES string of the molecule is Cc1nc(N2CCCCC2)ncc1C(=O)NCc1nnc(N)s1. The molecule has 1 fully saturated rings. The molecule has 0 radical (unpaired) electrons. The largest absolute Gasteiger partial charge is 0.374 e. The lowest BCUT2D eigenvalue weighted by Crippen LogP contribution is -2.31. The Morgan fingerprint density at radius 1 is 1.35 bits per heavy atom. The molecule has 1 saturated heterocycles. The van der Waals surface area contributed by atoms with Gasteiger partial charge >= 0.3 is 0 Å². The van der Waals surface area contributed by atoms with Crippen LogP contribution in [0, 0.1) is 6.92 Å². The second-order valence-corrected chi connectivity index (χ2v) is 6.53. The molecule has 3 rings (SSSR count). The minimum Gasteiger partial charge on any atom is -0.374 e. The van der Waals surface area contributed by atoms with Gasteiger partial charge in [0.05, 0.1) is 17.8 Å². The maximum absolute atomic E-state index is 12.3. The number of hydrogen-bond donors (Lipinski definition) is 2. The number of carbonyl (C=O) groups excluding carboxylic acids is 1. The second kappa shape index (κ2) is 6.86. The average Bonchev–Trinajstić information content (AvgIpc) is 2.99. The highest BCUT2D eigenvalue weighted by Gasteiger charge is 2.17. The van der Waals surface area contributed by atoms with Gasteiger partial charge in [-0.25, -0.2) is 9.97 Å². The Hall–Kier alpha value is -2.29. The second-order valence-electron chi connectivity index (χ2n) is 5.43. The quantitative estimate of drug-likeness (QED) is 0.863. The van der Waals surface area contributed by atoms with Gasteiger partial charge in [0, 0.05) is 19.3 Å². The summed E-state index contributed by atoms with van der Waals surface area (Å²) in [5.41, 5.74) is 6.67. The van der Waals surface area contributed by atoms with Crippen molar-refractivity contribution in [2.24, 2.45) is 0 Å². The summed E-state index contributed by atoms with van der Waals surface area (Å²) in [6, 6.07) is 0. The lowest BCUT2D eigenvalue weighted by atomic mass is 10.1. The number of nitrogens with two attached hydrogens (primary N) is 1. The summed E-state index contributed by atoms with van der Waals surface area (Å²) >= 11 is 1.25. The summed E-state index contributed by atoms with van der Waals surface area (Å²) in [7, 11) is 0. The number of anilines is 2. The molecule has 1 amide bonds. The normalized spacial score (nSPS) is 14.7. The maximum atomic E-state index is 12.3. The van der Waals surface area contributed by atoms with Crippen molar-refractivity contribution in [2.45, 2.75) is 32.7 Å². The van der Waals surface area contributed by atoms with Crippen LogP contribution in [-0.2, 0) is 6.54 Å². The van der Waals surface area contributed by atoms with Crippen LogP contribution in [0.4, 0.5) is 11.1 Å². The van der Waals surface area contributed by atoms with Gasteiger partial charge < -0.3 is 16.0 Å². The molecule has 1 aliphatic rings. The van der Waals surface area contributed by atoms with Crippen LogP contribution in [0.15, 0.2) is 6.20 Å². The molecule has 0 unspecified atom stereocenters. The molecular weight excluding hydrogens is 314 g/mol. The molecule has 0 aromatic carbocycles. The van der Waals surface area contributed by atoms with Crippen molar-refractivity contribution in [3.05, 3.63) is 22.5 Å². The Kier molecular flexibility index (Phi) is 4.65. The zero-order valence-corrected chi connectivity index (χ0v) is 13.8. The van der Waals surface area contributed by atoms with Gasteiger partial charge in [0.15, 0.2) is 0 Å². The molecule has 0 bridgehead atoms. The number of piperidine rings is 1. The molecule has 8 nitrogen and oxygen atoms in total. The smallest absolute Gasteiger partial charge is 0.255 e. The highest BCUT2D eigenvalue weighted by atomic mass is 32.1. The zero-order valence-electron chi connectivity index (χ0n) is 12.9. The van der Waals surface area contributed by atoms with Gasteiger partial charge in [-0.05, 0) is 26.2 Å². The van der Waals surface area contributed by atoms with Crippen LogP contribution in [0.5, 0.6) is 0 Å². The molecule has 23 heavy (non-hydrogen) atoms. The van der Waals surface area contributed by atoms with Crippen molar-refractivity contribution in [1.82, 2.24) is 25.5 Å². The van der Waals surface area contributed by atoms with E-state index in [2.05, 4.69) is 30.4 Å². The minimum absolute atomic E-state index is 0.221. The lowest BCUT2D eigenvalue weighted by Gasteiger charge is -2.26. The zero-order chi connectivity index (χ0) is 16.2. The molecule has 1 aliphatic heterocycles. The summed E-state index contributed by atoms with van der Waals surface area (Å²) in [5.74, 6) is 0.483. The molecule has 2 aromatic rings. The van der Waals surface area contributed by atoms with Crippen molar-refractivity contribution in [3.8, 4) is 0 Å². The van der Waals surface area contributed by atoms with Crippen LogP contribution in [0.2, 0.25) is 0 Å². The minimum atomic E-state index is -0.221. The predicted octanol–water partition coefficient (Wildman–Crippen LogP) is 1.14. The standard InChI is InChI=1S/C14H19N7OS/c1-9-10(12(22)16-8-11-19-20-13(15)23-11)7-17-14(18-9)21-5-3-2-4-6-21/h7H,2-6,8H2,1H3,(H2,15,20)(H,16,22). The van der Waals surface area contributed by atoms with E-state index in [1.807, 2.05) is 6.92 Å². The monoisotopic (exact) mass is 333 g/mol. The summed E-state index contributed by atoms with van der Waals surface area (Å²) in [6.45, 7) is 4.07. The fourth-order valence-corrected chi connectivity index (χ4v) is 3.06. The molecule has 3 N–H and O–H groups in total. The van der Waals surface area contributed by atoms with Crippen LogP contribution in [-0.4, -0.2) is 39.2 Å². The van der Waals surface area contributed by atoms with E-state index in [0.717, 1.165) is 25.9 Å². The van der Waals surface area contributed by atoms with E-state index in [4.69, 9.17) is 5.73 Å². The number of rotatable bonds is 4. The molecular formula is C14H19N7OS. The molecule has 0 spiro atoms. The van der Waals surface area contributed by atoms with Gasteiger partial charge in [-0.3, -0.25) is 4.79 Å². The summed E-state index contributed by atoms with van der Waals surface area (Å²) < 4.78 is 0. The fourth-order valence-electron chi connectivity index (χ4n) is 2.51. The van der Waals surface area contributed by atoms with E-state index in [1.165, 1.54) is 17.8 Å². The number of nitrogen functional groups attached to an aromatic ring is 1. The average molecular weight is 333 g/mol. The van der Waals surface area contributed by atoms with Crippen LogP contribution in [0.1, 0.15) is 40.3 Å². The van der Waals surface area contributed by atoms with Gasteiger partial charge in [0.25, 0.3) is 5.91 Å². The molecule has 0 saturated carbocycles. The number of nitrogens with zero attached hydrogens (tertiary/aromatic N) is 5. The summed E-state index contributed by atoms with van der Waals surface area (Å²) in [5, 5.41) is 11.4. The van der Waals surface area contributed by atoms with Crippen molar-refractivity contribution in [2.75, 3.05) is 23.7 Å². The third kappa shape index (κ3) is 3.73. The van der Waals surface area contributed by atoms with E-state index >= 15 is 0 Å². The number of carbonyl (C=O) groups is 1. The Morgan fingerprint density at radius 3 is 2.78 bits per heavy atom. The number of nitrogens with one attached hydrogen (secondary N) is 1. The Balaban J connectivity index is 1.66. The molecule has 0 aliphatic carbocycles. The number of hydrogen-bond acceptors (Lipinski definition) is 8. The molecule has 9 heteroatoms. The number of aromatic nitrogens is 4. The fraction of sp³-hybridized carbons (Fsp3) is 0.500. The first kappa shape index (κ1) is 15.6. The van der Waals surface area contributed by atoms with E-state index in [0.29, 0.717) is 33.9 Å². The van der Waals surface area contributed by atoms with Crippen LogP contribution in [0.3, 0.4) is 0 Å². The van der Waals surface area contributed by atoms with Gasteiger partial charge in [-0.2, -0.15) is 0 Å². The Bertz CT molecular complexity index is 696. The Labute approximate surface area is 138 Å². The highest BCUT2D eigenvalue weighted by molar-refractivity contribution is 7.15. The molecule has 122 valence electrons. The molecule has 2 aromatic heterocycles. The van der Waals surface area contributed by atoms with Gasteiger partial charge in [-0.15, -0.1) is 10.2 Å². The van der Waals surface area contributed by atoms with Crippen molar-refractivity contribution < 1.29 is 4.79 Å². The number of aryl methyl sites for hydroxylation is 1. The van der Waals surface area contributed by atoms with E-state index in [-0.39, 0.29) is 5.91 Å². The number of amides is 1. The van der Waals surface area contributed by atoms with Crippen molar-refractivity contribution >= 4 is 28.3 Å². The third-order valence-corrected chi connectivity index (χ3v) is 4.49. The van der Waals surface area contributed by atoms with Gasteiger partial charge in [-0.1, -0.05) is 11.3 Å². The van der Waals surface area contributed by atoms with Crippen molar-refractivity contribution in [1.29, 1.82) is 0 Å². The highest BCUT2D eigenvalue weighted by Crippen LogP contribution is 2.17. The van der Waals surface area contributed by atoms with Crippen LogP contribution < -0.4 is 16.0 Å². The lowest BCUT2D eigenvalue weighted by molar-refractivity contribution is 0.0949. The van der Waals surface area contributed by atoms with Gasteiger partial charge in [0.1, 0.15) is 5.01 Å².